The molecular formula is C18H21N3O2. The van der Waals surface area contributed by atoms with Crippen LogP contribution >= 0.6 is 0 Å². The first-order valence-corrected chi connectivity index (χ1v) is 8.47. The lowest BCUT2D eigenvalue weighted by Crippen LogP contribution is -2.61. The van der Waals surface area contributed by atoms with E-state index >= 15 is 0 Å². The molecule has 4 aliphatic rings. The molecule has 1 N–H and O–H groups in total. The molecule has 2 bridgehead atoms. The van der Waals surface area contributed by atoms with Gasteiger partial charge in [-0.05, 0) is 44.1 Å². The summed E-state index contributed by atoms with van der Waals surface area (Å²) in [4.78, 5) is 7.10. The summed E-state index contributed by atoms with van der Waals surface area (Å²) >= 11 is 0. The van der Waals surface area contributed by atoms with Gasteiger partial charge < -0.3 is 14.5 Å². The maximum absolute atomic E-state index is 6.38. The Morgan fingerprint density at radius 3 is 3.00 bits per heavy atom. The fraction of sp³-hybridized carbons (Fsp3) is 0.500. The first-order chi connectivity index (χ1) is 11.3. The lowest BCUT2D eigenvalue weighted by Gasteiger charge is -2.50. The summed E-state index contributed by atoms with van der Waals surface area (Å²) in [6.07, 6.45) is 7.08. The minimum absolute atomic E-state index is 0.0224. The number of piperidine rings is 3. The van der Waals surface area contributed by atoms with Gasteiger partial charge in [-0.1, -0.05) is 0 Å². The van der Waals surface area contributed by atoms with Crippen LogP contribution in [0.3, 0.4) is 0 Å². The zero-order chi connectivity index (χ0) is 15.3. The lowest BCUT2D eigenvalue weighted by molar-refractivity contribution is -0.0814. The van der Waals surface area contributed by atoms with Crippen molar-refractivity contribution in [2.75, 3.05) is 25.0 Å². The van der Waals surface area contributed by atoms with Gasteiger partial charge in [0, 0.05) is 24.4 Å². The van der Waals surface area contributed by atoms with Crippen LogP contribution in [0.5, 0.6) is 5.88 Å². The molecule has 3 saturated heterocycles. The van der Waals surface area contributed by atoms with Crippen LogP contribution in [0.25, 0.3) is 0 Å². The van der Waals surface area contributed by atoms with E-state index in [1.165, 1.54) is 31.5 Å². The summed E-state index contributed by atoms with van der Waals surface area (Å²) in [5, 5.41) is 3.38. The molecule has 6 heterocycles. The van der Waals surface area contributed by atoms with E-state index in [2.05, 4.69) is 21.3 Å². The third kappa shape index (κ3) is 2.22. The van der Waals surface area contributed by atoms with Gasteiger partial charge in [0.1, 0.15) is 11.4 Å². The Kier molecular flexibility index (Phi) is 2.92. The maximum atomic E-state index is 6.38. The van der Waals surface area contributed by atoms with Gasteiger partial charge in [0.2, 0.25) is 5.88 Å². The maximum Gasteiger partial charge on any atom is 0.217 e. The predicted molar refractivity (Wildman–Crippen MR) is 86.5 cm³/mol. The molecule has 4 aliphatic heterocycles. The number of ether oxygens (including phenoxy) is 1. The summed E-state index contributed by atoms with van der Waals surface area (Å²) in [6, 6.07) is 6.07. The normalized spacial score (nSPS) is 31.1. The zero-order valence-electron chi connectivity index (χ0n) is 13.1. The highest BCUT2D eigenvalue weighted by Crippen LogP contribution is 2.46. The summed E-state index contributed by atoms with van der Waals surface area (Å²) in [5.74, 6) is 2.44. The average Bonchev–Trinajstić information content (AvgIpc) is 3.20. The SMILES string of the molecule is c1coc(CNc2cnc3c(c2)C[C@@]2(CN4CCC2CC4)O3)c1. The zero-order valence-corrected chi connectivity index (χ0v) is 13.1. The van der Waals surface area contributed by atoms with E-state index in [0.29, 0.717) is 12.5 Å². The number of furan rings is 1. The monoisotopic (exact) mass is 311 g/mol. The van der Waals surface area contributed by atoms with Gasteiger partial charge in [-0.15, -0.1) is 0 Å². The number of pyridine rings is 1. The molecule has 23 heavy (non-hydrogen) atoms. The molecule has 0 aliphatic carbocycles. The smallest absolute Gasteiger partial charge is 0.217 e. The summed E-state index contributed by atoms with van der Waals surface area (Å²) in [6.45, 7) is 4.20. The van der Waals surface area contributed by atoms with Gasteiger partial charge >= 0.3 is 0 Å². The molecule has 120 valence electrons. The van der Waals surface area contributed by atoms with E-state index < -0.39 is 0 Å². The van der Waals surface area contributed by atoms with E-state index in [4.69, 9.17) is 9.15 Å². The van der Waals surface area contributed by atoms with Crippen LogP contribution in [0.1, 0.15) is 24.2 Å². The van der Waals surface area contributed by atoms with Crippen molar-refractivity contribution in [3.8, 4) is 5.88 Å². The van der Waals surface area contributed by atoms with Crippen LogP contribution < -0.4 is 10.1 Å². The minimum atomic E-state index is -0.0224. The van der Waals surface area contributed by atoms with Crippen molar-refractivity contribution in [2.24, 2.45) is 5.92 Å². The molecule has 5 nitrogen and oxygen atoms in total. The highest BCUT2D eigenvalue weighted by Gasteiger charge is 2.52. The average molecular weight is 311 g/mol. The molecule has 0 saturated carbocycles. The van der Waals surface area contributed by atoms with E-state index in [1.807, 2.05) is 18.3 Å². The summed E-state index contributed by atoms with van der Waals surface area (Å²) < 4.78 is 11.7. The Balaban J connectivity index is 1.34. The second kappa shape index (κ2) is 4.99. The first-order valence-electron chi connectivity index (χ1n) is 8.47. The number of hydrogen-bond acceptors (Lipinski definition) is 5. The standard InChI is InChI=1S/C18H21N3O2/c1-2-16(22-7-1)11-19-15-8-13-9-18(23-17(13)20-10-15)12-21-5-3-14(18)4-6-21/h1-2,7-8,10,14,19H,3-6,9,11-12H2/t18-/m0/s1. The summed E-state index contributed by atoms with van der Waals surface area (Å²) in [7, 11) is 0. The molecule has 0 aromatic carbocycles. The molecule has 1 spiro atoms. The van der Waals surface area contributed by atoms with Crippen molar-refractivity contribution in [3.05, 3.63) is 42.0 Å². The molecule has 0 amide bonds. The van der Waals surface area contributed by atoms with Crippen LogP contribution in [0.15, 0.2) is 35.1 Å². The Hall–Kier alpha value is -2.01. The van der Waals surface area contributed by atoms with Crippen LogP contribution in [-0.2, 0) is 13.0 Å². The Labute approximate surface area is 135 Å². The first kappa shape index (κ1) is 13.4. The number of aromatic nitrogens is 1. The van der Waals surface area contributed by atoms with E-state index in [9.17, 15) is 0 Å². The van der Waals surface area contributed by atoms with Gasteiger partial charge in [-0.25, -0.2) is 4.98 Å². The number of anilines is 1. The number of hydrogen-bond donors (Lipinski definition) is 1. The highest BCUT2D eigenvalue weighted by atomic mass is 16.5. The Morgan fingerprint density at radius 2 is 2.26 bits per heavy atom. The number of nitrogens with one attached hydrogen (secondary N) is 1. The highest BCUT2D eigenvalue weighted by molar-refractivity contribution is 5.49. The van der Waals surface area contributed by atoms with Crippen LogP contribution in [0.2, 0.25) is 0 Å². The second-order valence-corrected chi connectivity index (χ2v) is 7.02. The minimum Gasteiger partial charge on any atom is -0.469 e. The quantitative estimate of drug-likeness (QED) is 0.944. The molecule has 0 radical (unpaired) electrons. The predicted octanol–water partition coefficient (Wildman–Crippen LogP) is 2.69. The van der Waals surface area contributed by atoms with Crippen molar-refractivity contribution >= 4 is 5.69 Å². The van der Waals surface area contributed by atoms with Crippen molar-refractivity contribution in [3.63, 3.8) is 0 Å². The molecule has 2 aromatic heterocycles. The van der Waals surface area contributed by atoms with Gasteiger partial charge in [0.05, 0.1) is 24.7 Å². The molecular weight excluding hydrogens is 290 g/mol. The topological polar surface area (TPSA) is 50.5 Å². The van der Waals surface area contributed by atoms with Crippen molar-refractivity contribution in [1.29, 1.82) is 0 Å². The van der Waals surface area contributed by atoms with Crippen molar-refractivity contribution in [2.45, 2.75) is 31.4 Å². The van der Waals surface area contributed by atoms with E-state index in [0.717, 1.165) is 30.3 Å². The van der Waals surface area contributed by atoms with Crippen molar-refractivity contribution in [1.82, 2.24) is 9.88 Å². The number of fused-ring (bicyclic) bond motifs is 3. The second-order valence-electron chi connectivity index (χ2n) is 7.02. The molecule has 5 heteroatoms. The lowest BCUT2D eigenvalue weighted by atomic mass is 9.73. The van der Waals surface area contributed by atoms with Crippen LogP contribution in [-0.4, -0.2) is 35.1 Å². The fourth-order valence-corrected chi connectivity index (χ4v) is 4.41. The van der Waals surface area contributed by atoms with Gasteiger partial charge in [0.25, 0.3) is 0 Å². The molecule has 2 aromatic rings. The van der Waals surface area contributed by atoms with Crippen LogP contribution in [0.4, 0.5) is 5.69 Å². The number of rotatable bonds is 3. The molecule has 1 atom stereocenters. The molecule has 0 unspecified atom stereocenters. The van der Waals surface area contributed by atoms with Gasteiger partial charge in [-0.3, -0.25) is 4.90 Å². The van der Waals surface area contributed by atoms with Crippen molar-refractivity contribution < 1.29 is 9.15 Å². The Morgan fingerprint density at radius 1 is 1.35 bits per heavy atom. The van der Waals surface area contributed by atoms with E-state index in [1.54, 1.807) is 6.26 Å². The van der Waals surface area contributed by atoms with Gasteiger partial charge in [-0.2, -0.15) is 0 Å². The summed E-state index contributed by atoms with van der Waals surface area (Å²) in [5.41, 5.74) is 2.25. The Bertz CT molecular complexity index is 707. The van der Waals surface area contributed by atoms with Gasteiger partial charge in [0.15, 0.2) is 0 Å². The van der Waals surface area contributed by atoms with Crippen LogP contribution in [0, 0.1) is 5.92 Å². The third-order valence-electron chi connectivity index (χ3n) is 5.58. The number of nitrogens with zero attached hydrogens (tertiary/aromatic N) is 2. The fourth-order valence-electron chi connectivity index (χ4n) is 4.41. The molecule has 6 rings (SSSR count). The third-order valence-corrected chi connectivity index (χ3v) is 5.58. The largest absolute Gasteiger partial charge is 0.469 e. The molecule has 3 fully saturated rings. The van der Waals surface area contributed by atoms with E-state index in [-0.39, 0.29) is 5.60 Å².